The quantitative estimate of drug-likeness (QED) is 0.761. The van der Waals surface area contributed by atoms with Gasteiger partial charge in [0.05, 0.1) is 0 Å². The fourth-order valence-corrected chi connectivity index (χ4v) is 1.95. The molecule has 4 N–H and O–H groups in total. The summed E-state index contributed by atoms with van der Waals surface area (Å²) in [7, 11) is 0. The number of nitrogens with two attached hydrogens (primary N) is 1. The van der Waals surface area contributed by atoms with E-state index in [-0.39, 0.29) is 6.42 Å². The molecular weight excluding hydrogens is 300 g/mol. The molecule has 0 fully saturated rings. The molecule has 0 bridgehead atoms. The number of carboxylic acid groups (broad SMARTS) is 1. The van der Waals surface area contributed by atoms with Crippen LogP contribution < -0.4 is 11.1 Å². The summed E-state index contributed by atoms with van der Waals surface area (Å²) in [6.45, 7) is 6.81. The summed E-state index contributed by atoms with van der Waals surface area (Å²) < 4.78 is 5.06. The second kappa shape index (κ2) is 7.13. The third-order valence-corrected chi connectivity index (χ3v) is 3.04. The number of hydrogen-bond donors (Lipinski definition) is 3. The summed E-state index contributed by atoms with van der Waals surface area (Å²) in [6.07, 6.45) is -0.726. The molecule has 0 saturated carbocycles. The predicted octanol–water partition coefficient (Wildman–Crippen LogP) is 1.61. The number of hydrogen-bond acceptors (Lipinski definition) is 4. The first-order valence-corrected chi connectivity index (χ1v) is 7.11. The lowest BCUT2D eigenvalue weighted by Crippen LogP contribution is -2.44. The van der Waals surface area contributed by atoms with Crippen LogP contribution in [0.5, 0.6) is 0 Å². The van der Waals surface area contributed by atoms with Crippen molar-refractivity contribution in [2.75, 3.05) is 0 Å². The molecule has 0 unspecified atom stereocenters. The van der Waals surface area contributed by atoms with Crippen molar-refractivity contribution in [3.05, 3.63) is 34.9 Å². The number of primary amides is 1. The van der Waals surface area contributed by atoms with Crippen molar-refractivity contribution in [1.82, 2.24) is 5.32 Å². The number of aryl methyl sites for hydroxylation is 1. The Morgan fingerprint density at radius 1 is 1.30 bits per heavy atom. The van der Waals surface area contributed by atoms with Crippen LogP contribution in [0, 0.1) is 6.92 Å². The molecule has 0 aliphatic rings. The van der Waals surface area contributed by atoms with Gasteiger partial charge in [0.25, 0.3) is 0 Å². The van der Waals surface area contributed by atoms with Gasteiger partial charge in [-0.3, -0.25) is 4.79 Å². The van der Waals surface area contributed by atoms with Crippen molar-refractivity contribution in [2.24, 2.45) is 5.73 Å². The minimum atomic E-state index is -1.17. The lowest BCUT2D eigenvalue weighted by atomic mass is 9.98. The Bertz CT molecular complexity index is 619. The Labute approximate surface area is 134 Å². The average Bonchev–Trinajstić information content (AvgIpc) is 2.37. The van der Waals surface area contributed by atoms with Crippen molar-refractivity contribution < 1.29 is 24.2 Å². The fraction of sp³-hybridized carbons (Fsp3) is 0.438. The largest absolute Gasteiger partial charge is 0.480 e. The number of carbonyl (C=O) groups is 3. The van der Waals surface area contributed by atoms with Gasteiger partial charge in [0.2, 0.25) is 5.91 Å². The molecule has 1 aromatic rings. The van der Waals surface area contributed by atoms with E-state index in [9.17, 15) is 19.5 Å². The number of ether oxygens (including phenoxy) is 1. The highest BCUT2D eigenvalue weighted by Crippen LogP contribution is 2.14. The predicted molar refractivity (Wildman–Crippen MR) is 84.2 cm³/mol. The molecular formula is C16H22N2O5. The molecule has 2 amide bonds. The average molecular weight is 322 g/mol. The van der Waals surface area contributed by atoms with Gasteiger partial charge in [0.1, 0.15) is 11.6 Å². The molecule has 0 heterocycles. The standard InChI is InChI=1S/C16H22N2O5/c1-9-7-11(13(17)19)6-5-10(9)8-12(14(20)21)18-15(22)23-16(2,3)4/h5-7,12H,8H2,1-4H3,(H2,17,19)(H,18,22)(H,20,21)/t12-/m0/s1. The van der Waals surface area contributed by atoms with E-state index in [1.165, 1.54) is 6.07 Å². The van der Waals surface area contributed by atoms with Gasteiger partial charge in [-0.25, -0.2) is 9.59 Å². The van der Waals surface area contributed by atoms with Crippen molar-refractivity contribution in [1.29, 1.82) is 0 Å². The van der Waals surface area contributed by atoms with Crippen LogP contribution >= 0.6 is 0 Å². The molecule has 0 spiro atoms. The monoisotopic (exact) mass is 322 g/mol. The highest BCUT2D eigenvalue weighted by atomic mass is 16.6. The van der Waals surface area contributed by atoms with E-state index in [2.05, 4.69) is 5.32 Å². The molecule has 1 aromatic carbocycles. The van der Waals surface area contributed by atoms with E-state index in [1.807, 2.05) is 0 Å². The van der Waals surface area contributed by atoms with Crippen molar-refractivity contribution in [2.45, 2.75) is 45.8 Å². The maximum atomic E-state index is 11.7. The van der Waals surface area contributed by atoms with Gasteiger partial charge in [-0.2, -0.15) is 0 Å². The summed E-state index contributed by atoms with van der Waals surface area (Å²) in [5.74, 6) is -1.73. The normalized spacial score (nSPS) is 12.3. The van der Waals surface area contributed by atoms with Gasteiger partial charge < -0.3 is 20.9 Å². The number of carboxylic acids is 1. The SMILES string of the molecule is Cc1cc(C(N)=O)ccc1C[C@H](NC(=O)OC(C)(C)C)C(=O)O. The maximum Gasteiger partial charge on any atom is 0.408 e. The summed E-state index contributed by atoms with van der Waals surface area (Å²) in [5.41, 5.74) is 6.24. The zero-order valence-corrected chi connectivity index (χ0v) is 13.7. The number of aliphatic carboxylic acids is 1. The fourth-order valence-electron chi connectivity index (χ4n) is 1.95. The molecule has 1 rings (SSSR count). The van der Waals surface area contributed by atoms with Crippen LogP contribution in [0.3, 0.4) is 0 Å². The van der Waals surface area contributed by atoms with E-state index < -0.39 is 29.6 Å². The second-order valence-corrected chi connectivity index (χ2v) is 6.25. The summed E-state index contributed by atoms with van der Waals surface area (Å²) in [5, 5.41) is 11.6. The van der Waals surface area contributed by atoms with Gasteiger partial charge in [-0.05, 0) is 51.0 Å². The van der Waals surface area contributed by atoms with E-state index in [0.29, 0.717) is 11.1 Å². The van der Waals surface area contributed by atoms with Gasteiger partial charge in [-0.1, -0.05) is 6.07 Å². The Morgan fingerprint density at radius 3 is 2.35 bits per heavy atom. The highest BCUT2D eigenvalue weighted by molar-refractivity contribution is 5.93. The van der Waals surface area contributed by atoms with Crippen LogP contribution in [0.2, 0.25) is 0 Å². The van der Waals surface area contributed by atoms with Crippen molar-refractivity contribution in [3.63, 3.8) is 0 Å². The third kappa shape index (κ3) is 5.98. The zero-order valence-electron chi connectivity index (χ0n) is 13.7. The van der Waals surface area contributed by atoms with E-state index >= 15 is 0 Å². The van der Waals surface area contributed by atoms with Crippen molar-refractivity contribution >= 4 is 18.0 Å². The first kappa shape index (κ1) is 18.5. The summed E-state index contributed by atoms with van der Waals surface area (Å²) in [6, 6.07) is 3.60. The summed E-state index contributed by atoms with van der Waals surface area (Å²) in [4.78, 5) is 34.2. The zero-order chi connectivity index (χ0) is 17.8. The first-order valence-electron chi connectivity index (χ1n) is 7.11. The van der Waals surface area contributed by atoms with Crippen LogP contribution in [-0.4, -0.2) is 34.7 Å². The molecule has 0 saturated heterocycles. The Balaban J connectivity index is 2.87. The molecule has 0 radical (unpaired) electrons. The van der Waals surface area contributed by atoms with E-state index in [1.54, 1.807) is 39.8 Å². The molecule has 126 valence electrons. The number of alkyl carbamates (subject to hydrolysis) is 1. The van der Waals surface area contributed by atoms with Crippen LogP contribution in [0.4, 0.5) is 4.79 Å². The maximum absolute atomic E-state index is 11.7. The van der Waals surface area contributed by atoms with Gasteiger partial charge in [0, 0.05) is 12.0 Å². The first-order chi connectivity index (χ1) is 10.5. The van der Waals surface area contributed by atoms with Gasteiger partial charge in [-0.15, -0.1) is 0 Å². The molecule has 7 nitrogen and oxygen atoms in total. The molecule has 23 heavy (non-hydrogen) atoms. The second-order valence-electron chi connectivity index (χ2n) is 6.25. The highest BCUT2D eigenvalue weighted by Gasteiger charge is 2.24. The molecule has 7 heteroatoms. The smallest absolute Gasteiger partial charge is 0.408 e. The van der Waals surface area contributed by atoms with Crippen LogP contribution in [-0.2, 0) is 16.0 Å². The number of nitrogens with one attached hydrogen (secondary N) is 1. The lowest BCUT2D eigenvalue weighted by molar-refractivity contribution is -0.139. The minimum Gasteiger partial charge on any atom is -0.480 e. The van der Waals surface area contributed by atoms with Gasteiger partial charge in [0.15, 0.2) is 0 Å². The third-order valence-electron chi connectivity index (χ3n) is 3.04. The number of rotatable bonds is 5. The van der Waals surface area contributed by atoms with E-state index in [4.69, 9.17) is 10.5 Å². The van der Waals surface area contributed by atoms with Crippen LogP contribution in [0.15, 0.2) is 18.2 Å². The van der Waals surface area contributed by atoms with E-state index in [0.717, 1.165) is 5.56 Å². The molecule has 0 aliphatic carbocycles. The Hall–Kier alpha value is -2.57. The molecule has 0 aromatic heterocycles. The Morgan fingerprint density at radius 2 is 1.91 bits per heavy atom. The number of amides is 2. The van der Waals surface area contributed by atoms with Gasteiger partial charge >= 0.3 is 12.1 Å². The van der Waals surface area contributed by atoms with Crippen LogP contribution in [0.25, 0.3) is 0 Å². The number of carbonyl (C=O) groups excluding carboxylic acids is 2. The Kier molecular flexibility index (Phi) is 5.73. The number of benzene rings is 1. The molecule has 0 aliphatic heterocycles. The molecule has 1 atom stereocenters. The minimum absolute atomic E-state index is 0.0689. The summed E-state index contributed by atoms with van der Waals surface area (Å²) >= 11 is 0. The van der Waals surface area contributed by atoms with Crippen LogP contribution in [0.1, 0.15) is 42.3 Å². The topological polar surface area (TPSA) is 119 Å². The van der Waals surface area contributed by atoms with Crippen molar-refractivity contribution in [3.8, 4) is 0 Å². The lowest BCUT2D eigenvalue weighted by Gasteiger charge is -2.22.